The van der Waals surface area contributed by atoms with Gasteiger partial charge in [0.15, 0.2) is 22.9 Å². The third-order valence-electron chi connectivity index (χ3n) is 4.39. The summed E-state index contributed by atoms with van der Waals surface area (Å²) in [7, 11) is 1.54. The monoisotopic (exact) mass is 428 g/mol. The predicted molar refractivity (Wildman–Crippen MR) is 89.5 cm³/mol. The molecule has 2 aliphatic rings. The number of amidine groups is 1. The van der Waals surface area contributed by atoms with Crippen LogP contribution in [0.3, 0.4) is 0 Å². The molecule has 1 aromatic rings. The van der Waals surface area contributed by atoms with E-state index in [1.54, 1.807) is 7.05 Å². The summed E-state index contributed by atoms with van der Waals surface area (Å²) >= 11 is 0.964. The highest BCUT2D eigenvalue weighted by Gasteiger charge is 2.57. The molecule has 1 saturated heterocycles. The van der Waals surface area contributed by atoms with Crippen molar-refractivity contribution in [3.8, 4) is 0 Å². The second-order valence-corrected chi connectivity index (χ2v) is 7.32. The maximum absolute atomic E-state index is 13.7. The number of nitrogens with one attached hydrogen (secondary N) is 1. The Morgan fingerprint density at radius 2 is 2.00 bits per heavy atom. The first-order chi connectivity index (χ1) is 13.1. The first kappa shape index (κ1) is 21.2. The van der Waals surface area contributed by atoms with Gasteiger partial charge in [-0.05, 0) is 6.07 Å². The van der Waals surface area contributed by atoms with Crippen molar-refractivity contribution in [1.82, 2.24) is 5.32 Å². The van der Waals surface area contributed by atoms with Gasteiger partial charge in [-0.2, -0.15) is 13.2 Å². The number of aliphatic hydroxyl groups is 2. The van der Waals surface area contributed by atoms with Gasteiger partial charge >= 0.3 is 6.18 Å². The molecule has 28 heavy (non-hydrogen) atoms. The van der Waals surface area contributed by atoms with Gasteiger partial charge in [0.25, 0.3) is 0 Å². The van der Waals surface area contributed by atoms with Crippen LogP contribution in [0, 0.1) is 11.6 Å². The molecule has 2 aliphatic heterocycles. The number of benzene rings is 1. The highest BCUT2D eigenvalue weighted by Crippen LogP contribution is 2.40. The van der Waals surface area contributed by atoms with E-state index in [1.807, 2.05) is 0 Å². The average molecular weight is 428 g/mol. The van der Waals surface area contributed by atoms with Gasteiger partial charge in [-0.3, -0.25) is 4.99 Å². The van der Waals surface area contributed by atoms with E-state index in [9.17, 15) is 32.2 Å². The first-order valence-corrected chi connectivity index (χ1v) is 9.06. The molecule has 3 rings (SSSR count). The van der Waals surface area contributed by atoms with Gasteiger partial charge < -0.3 is 25.0 Å². The van der Waals surface area contributed by atoms with Gasteiger partial charge in [0.1, 0.15) is 29.8 Å². The number of nitrogens with zero attached hydrogens (tertiary/aromatic N) is 1. The van der Waals surface area contributed by atoms with Crippen molar-refractivity contribution in [2.24, 2.45) is 4.99 Å². The van der Waals surface area contributed by atoms with Crippen LogP contribution in [-0.4, -0.2) is 64.5 Å². The topological polar surface area (TPSA) is 83.3 Å². The summed E-state index contributed by atoms with van der Waals surface area (Å²) in [4.78, 5) is 4.05. The van der Waals surface area contributed by atoms with E-state index in [0.29, 0.717) is 5.17 Å². The van der Waals surface area contributed by atoms with E-state index in [0.717, 1.165) is 30.0 Å². The van der Waals surface area contributed by atoms with Crippen LogP contribution in [0.15, 0.2) is 23.2 Å². The number of alkyl halides is 3. The van der Waals surface area contributed by atoms with Crippen molar-refractivity contribution in [2.45, 2.75) is 48.7 Å². The van der Waals surface area contributed by atoms with Crippen molar-refractivity contribution in [2.75, 3.05) is 7.05 Å². The van der Waals surface area contributed by atoms with Gasteiger partial charge in [0, 0.05) is 12.6 Å². The lowest BCUT2D eigenvalue weighted by Crippen LogP contribution is -2.61. The van der Waals surface area contributed by atoms with Crippen LogP contribution in [0.2, 0.25) is 0 Å². The van der Waals surface area contributed by atoms with Crippen LogP contribution in [0.5, 0.6) is 0 Å². The minimum Gasteiger partial charge on any atom is -0.388 e. The van der Waals surface area contributed by atoms with Crippen molar-refractivity contribution in [1.29, 1.82) is 0 Å². The molecule has 12 heteroatoms. The molecule has 0 spiro atoms. The molecule has 0 aromatic heterocycles. The zero-order valence-corrected chi connectivity index (χ0v) is 15.2. The highest BCUT2D eigenvalue weighted by molar-refractivity contribution is 8.14. The molecular formula is C16H17F5N2O4S. The number of thioether (sulfide) groups is 1. The Bertz CT molecular complexity index is 750. The highest BCUT2D eigenvalue weighted by atomic mass is 32.2. The maximum atomic E-state index is 13.7. The van der Waals surface area contributed by atoms with E-state index >= 15 is 0 Å². The third kappa shape index (κ3) is 4.10. The quantitative estimate of drug-likeness (QED) is 0.632. The lowest BCUT2D eigenvalue weighted by Gasteiger charge is -2.41. The van der Waals surface area contributed by atoms with Crippen molar-refractivity contribution in [3.63, 3.8) is 0 Å². The maximum Gasteiger partial charge on any atom is 0.417 e. The van der Waals surface area contributed by atoms with Gasteiger partial charge in [-0.25, -0.2) is 8.78 Å². The van der Waals surface area contributed by atoms with Crippen molar-refractivity contribution < 1.29 is 41.6 Å². The standard InChI is InChI=1S/C16H17F5N2O4S/c1-22-15-23-9-10(24)11(25)12(27-14(9)28-15)13(16(19,20)21)26-5-6-3-2-4-7(17)8(6)18/h2-4,9-14,24-25H,5H2,1H3,(H,22,23)/t9-,10-,11+,12?,13-,14-/m1/s1. The molecule has 2 heterocycles. The van der Waals surface area contributed by atoms with Gasteiger partial charge in [-0.15, -0.1) is 0 Å². The number of hydrogen-bond donors (Lipinski definition) is 3. The molecule has 1 unspecified atom stereocenters. The Balaban J connectivity index is 1.79. The minimum absolute atomic E-state index is 0.341. The van der Waals surface area contributed by atoms with Crippen molar-refractivity contribution >= 4 is 16.9 Å². The van der Waals surface area contributed by atoms with Gasteiger partial charge in [0.2, 0.25) is 0 Å². The fourth-order valence-corrected chi connectivity index (χ4v) is 4.04. The molecule has 6 nitrogen and oxygen atoms in total. The number of rotatable bonds is 4. The summed E-state index contributed by atoms with van der Waals surface area (Å²) in [5, 5.41) is 23.4. The molecule has 0 radical (unpaired) electrons. The molecule has 0 saturated carbocycles. The van der Waals surface area contributed by atoms with Crippen LogP contribution < -0.4 is 5.32 Å². The van der Waals surface area contributed by atoms with E-state index in [1.165, 1.54) is 0 Å². The normalized spacial score (nSPS) is 31.3. The Morgan fingerprint density at radius 3 is 2.64 bits per heavy atom. The summed E-state index contributed by atoms with van der Waals surface area (Å²) in [5.41, 5.74) is -1.39. The Labute approximate surface area is 160 Å². The molecule has 1 fully saturated rings. The van der Waals surface area contributed by atoms with E-state index in [4.69, 9.17) is 9.47 Å². The minimum atomic E-state index is -5.00. The van der Waals surface area contributed by atoms with Crippen LogP contribution >= 0.6 is 11.8 Å². The average Bonchev–Trinajstić information content (AvgIpc) is 3.05. The fraction of sp³-hybridized carbons (Fsp3) is 0.562. The summed E-state index contributed by atoms with van der Waals surface area (Å²) in [6, 6.07) is 2.08. The molecule has 6 atom stereocenters. The number of fused-ring (bicyclic) bond motifs is 1. The molecule has 1 aromatic carbocycles. The second-order valence-electron chi connectivity index (χ2n) is 6.23. The second kappa shape index (κ2) is 8.11. The van der Waals surface area contributed by atoms with Crippen LogP contribution in [-0.2, 0) is 16.1 Å². The Hall–Kier alpha value is -1.47. The van der Waals surface area contributed by atoms with E-state index < -0.39 is 65.9 Å². The zero-order chi connectivity index (χ0) is 20.6. The smallest absolute Gasteiger partial charge is 0.388 e. The number of ether oxygens (including phenoxy) is 2. The van der Waals surface area contributed by atoms with Gasteiger partial charge in [0.05, 0.1) is 6.61 Å². The number of halogens is 5. The number of hydrogen-bond acceptors (Lipinski definition) is 7. The van der Waals surface area contributed by atoms with E-state index in [-0.39, 0.29) is 0 Å². The molecule has 3 N–H and O–H groups in total. The van der Waals surface area contributed by atoms with Crippen molar-refractivity contribution in [3.05, 3.63) is 35.4 Å². The Morgan fingerprint density at radius 1 is 1.29 bits per heavy atom. The van der Waals surface area contributed by atoms with Crippen LogP contribution in [0.25, 0.3) is 0 Å². The van der Waals surface area contributed by atoms with Crippen LogP contribution in [0.4, 0.5) is 22.0 Å². The SMILES string of the molecule is CNC1=N[C@@H]2[C@@H](O)[C@H](O)C([C@@H](OCc3cccc(F)c3F)C(F)(F)F)O[C@@H]2S1. The predicted octanol–water partition coefficient (Wildman–Crippen LogP) is 1.55. The zero-order valence-electron chi connectivity index (χ0n) is 14.4. The summed E-state index contributed by atoms with van der Waals surface area (Å²) in [5.74, 6) is -2.55. The molecule has 0 amide bonds. The van der Waals surface area contributed by atoms with E-state index in [2.05, 4.69) is 10.3 Å². The van der Waals surface area contributed by atoms with Gasteiger partial charge in [-0.1, -0.05) is 23.9 Å². The molecule has 0 aliphatic carbocycles. The molecule has 156 valence electrons. The first-order valence-electron chi connectivity index (χ1n) is 8.18. The summed E-state index contributed by atoms with van der Waals surface area (Å²) in [6.07, 6.45) is -13.2. The molecule has 0 bridgehead atoms. The Kier molecular flexibility index (Phi) is 6.15. The van der Waals surface area contributed by atoms with Crippen LogP contribution in [0.1, 0.15) is 5.56 Å². The third-order valence-corrected chi connectivity index (χ3v) is 5.54. The number of aliphatic imine (C=N–C) groups is 1. The summed E-state index contributed by atoms with van der Waals surface area (Å²) in [6.45, 7) is -0.907. The lowest BCUT2D eigenvalue weighted by atomic mass is 9.94. The number of aliphatic hydroxyl groups excluding tert-OH is 2. The largest absolute Gasteiger partial charge is 0.417 e. The molecular weight excluding hydrogens is 411 g/mol. The fourth-order valence-electron chi connectivity index (χ4n) is 2.97. The lowest BCUT2D eigenvalue weighted by molar-refractivity contribution is -0.287. The summed E-state index contributed by atoms with van der Waals surface area (Å²) < 4.78 is 77.8.